The number of benzene rings is 1. The van der Waals surface area contributed by atoms with Crippen molar-refractivity contribution < 1.29 is 13.9 Å². The van der Waals surface area contributed by atoms with Crippen molar-refractivity contribution in [2.45, 2.75) is 25.1 Å². The SMILES string of the molecule is C[C@@H](n1cc(/C=C/c2ncccc2C#N)cn1)[C@](O)(Cn1cncn1)c1ccc(F)cc1F. The molecule has 0 saturated carbocycles. The summed E-state index contributed by atoms with van der Waals surface area (Å²) in [6.07, 6.45) is 10.9. The summed E-state index contributed by atoms with van der Waals surface area (Å²) < 4.78 is 31.1. The minimum Gasteiger partial charge on any atom is -0.381 e. The first-order valence-electron chi connectivity index (χ1n) is 9.98. The maximum atomic E-state index is 14.7. The fourth-order valence-corrected chi connectivity index (χ4v) is 3.53. The van der Waals surface area contributed by atoms with E-state index in [1.807, 2.05) is 0 Å². The number of halogens is 2. The molecule has 4 aromatic rings. The monoisotopic (exact) mass is 447 g/mol. The van der Waals surface area contributed by atoms with Crippen molar-refractivity contribution >= 4 is 12.2 Å². The van der Waals surface area contributed by atoms with E-state index in [9.17, 15) is 19.1 Å². The van der Waals surface area contributed by atoms with Crippen LogP contribution in [0, 0.1) is 23.0 Å². The van der Waals surface area contributed by atoms with Crippen molar-refractivity contribution in [1.29, 1.82) is 5.26 Å². The van der Waals surface area contributed by atoms with Crippen LogP contribution in [0.3, 0.4) is 0 Å². The Bertz CT molecular complexity index is 1330. The van der Waals surface area contributed by atoms with Crippen molar-refractivity contribution in [2.24, 2.45) is 0 Å². The van der Waals surface area contributed by atoms with Gasteiger partial charge in [-0.05, 0) is 37.3 Å². The number of pyridine rings is 1. The summed E-state index contributed by atoms with van der Waals surface area (Å²) in [6, 6.07) is 7.69. The zero-order valence-corrected chi connectivity index (χ0v) is 17.5. The molecule has 0 fully saturated rings. The highest BCUT2D eigenvalue weighted by Crippen LogP contribution is 2.36. The van der Waals surface area contributed by atoms with E-state index in [1.165, 1.54) is 28.1 Å². The van der Waals surface area contributed by atoms with Gasteiger partial charge in [-0.1, -0.05) is 6.07 Å². The fraction of sp³-hybridized carbons (Fsp3) is 0.174. The number of hydrogen-bond donors (Lipinski definition) is 1. The van der Waals surface area contributed by atoms with Crippen LogP contribution in [0.25, 0.3) is 12.2 Å². The van der Waals surface area contributed by atoms with Crippen LogP contribution in [0.1, 0.15) is 35.3 Å². The predicted molar refractivity (Wildman–Crippen MR) is 115 cm³/mol. The highest BCUT2D eigenvalue weighted by atomic mass is 19.1. The summed E-state index contributed by atoms with van der Waals surface area (Å²) in [5.74, 6) is -1.62. The second-order valence-electron chi connectivity index (χ2n) is 7.45. The molecule has 10 heteroatoms. The molecule has 4 rings (SSSR count). The molecule has 3 aromatic heterocycles. The summed E-state index contributed by atoms with van der Waals surface area (Å²) >= 11 is 0. The van der Waals surface area contributed by atoms with Gasteiger partial charge in [0.25, 0.3) is 0 Å². The number of aliphatic hydroxyl groups is 1. The smallest absolute Gasteiger partial charge is 0.137 e. The van der Waals surface area contributed by atoms with Crippen LogP contribution < -0.4 is 0 Å². The Balaban J connectivity index is 1.67. The zero-order valence-electron chi connectivity index (χ0n) is 17.5. The van der Waals surface area contributed by atoms with Crippen LogP contribution in [0.5, 0.6) is 0 Å². The van der Waals surface area contributed by atoms with Crippen LogP contribution in [0.4, 0.5) is 8.78 Å². The van der Waals surface area contributed by atoms with E-state index in [-0.39, 0.29) is 12.1 Å². The van der Waals surface area contributed by atoms with E-state index >= 15 is 0 Å². The van der Waals surface area contributed by atoms with E-state index in [1.54, 1.807) is 49.8 Å². The van der Waals surface area contributed by atoms with Gasteiger partial charge in [0.15, 0.2) is 0 Å². The standard InChI is InChI=1S/C23H19F2N7O/c1-16(32-12-17(11-29-32)4-7-22-18(10-26)3-2-8-28-22)23(33,13-31-15-27-14-30-31)20-6-5-19(24)9-21(20)25/h2-9,11-12,14-16,33H,13H2,1H3/b7-4+/t16-,23-/m1/s1. The van der Waals surface area contributed by atoms with E-state index in [0.29, 0.717) is 16.8 Å². The number of nitriles is 1. The number of aromatic nitrogens is 6. The highest BCUT2D eigenvalue weighted by Gasteiger charge is 2.40. The van der Waals surface area contributed by atoms with E-state index < -0.39 is 23.3 Å². The average molecular weight is 447 g/mol. The van der Waals surface area contributed by atoms with Gasteiger partial charge >= 0.3 is 0 Å². The molecule has 0 amide bonds. The largest absolute Gasteiger partial charge is 0.381 e. The van der Waals surface area contributed by atoms with Gasteiger partial charge in [0, 0.05) is 29.6 Å². The molecule has 0 saturated heterocycles. The third kappa shape index (κ3) is 4.53. The van der Waals surface area contributed by atoms with Gasteiger partial charge < -0.3 is 5.11 Å². The summed E-state index contributed by atoms with van der Waals surface area (Å²) in [7, 11) is 0. The summed E-state index contributed by atoms with van der Waals surface area (Å²) in [5.41, 5.74) is -0.293. The molecule has 0 unspecified atom stereocenters. The predicted octanol–water partition coefficient (Wildman–Crippen LogP) is 3.34. The molecule has 166 valence electrons. The van der Waals surface area contributed by atoms with Crippen LogP contribution in [-0.2, 0) is 12.1 Å². The Morgan fingerprint density at radius 1 is 1.24 bits per heavy atom. The van der Waals surface area contributed by atoms with Crippen LogP contribution in [0.15, 0.2) is 61.6 Å². The first kappa shape index (κ1) is 22.0. The fourth-order valence-electron chi connectivity index (χ4n) is 3.53. The first-order chi connectivity index (χ1) is 15.9. The van der Waals surface area contributed by atoms with Crippen molar-refractivity contribution in [1.82, 2.24) is 29.5 Å². The number of rotatable bonds is 7. The quantitative estimate of drug-likeness (QED) is 0.466. The second-order valence-corrected chi connectivity index (χ2v) is 7.45. The minimum absolute atomic E-state index is 0.0911. The normalized spacial score (nSPS) is 14.2. The molecular weight excluding hydrogens is 428 g/mol. The van der Waals surface area contributed by atoms with E-state index in [0.717, 1.165) is 12.1 Å². The van der Waals surface area contributed by atoms with E-state index in [4.69, 9.17) is 0 Å². The molecule has 0 spiro atoms. The molecule has 0 bridgehead atoms. The third-order valence-electron chi connectivity index (χ3n) is 5.37. The Morgan fingerprint density at radius 3 is 2.82 bits per heavy atom. The van der Waals surface area contributed by atoms with Gasteiger partial charge in [-0.3, -0.25) is 9.67 Å². The van der Waals surface area contributed by atoms with Crippen LogP contribution in [0.2, 0.25) is 0 Å². The highest BCUT2D eigenvalue weighted by molar-refractivity contribution is 5.70. The lowest BCUT2D eigenvalue weighted by Crippen LogP contribution is -2.40. The third-order valence-corrected chi connectivity index (χ3v) is 5.37. The van der Waals surface area contributed by atoms with Gasteiger partial charge in [0.2, 0.25) is 0 Å². The Kier molecular flexibility index (Phi) is 6.06. The van der Waals surface area contributed by atoms with Gasteiger partial charge in [-0.15, -0.1) is 0 Å². The molecule has 2 atom stereocenters. The lowest BCUT2D eigenvalue weighted by molar-refractivity contribution is -0.0369. The van der Waals surface area contributed by atoms with Crippen molar-refractivity contribution in [2.75, 3.05) is 0 Å². The van der Waals surface area contributed by atoms with Gasteiger partial charge in [0.05, 0.1) is 30.0 Å². The number of nitrogens with zero attached hydrogens (tertiary/aromatic N) is 7. The Morgan fingerprint density at radius 2 is 2.09 bits per heavy atom. The molecule has 0 aliphatic carbocycles. The van der Waals surface area contributed by atoms with E-state index in [2.05, 4.69) is 26.2 Å². The molecule has 33 heavy (non-hydrogen) atoms. The Labute approximate surface area is 188 Å². The molecule has 1 aromatic carbocycles. The maximum Gasteiger partial charge on any atom is 0.137 e. The van der Waals surface area contributed by atoms with Gasteiger partial charge in [-0.25, -0.2) is 18.4 Å². The topological polar surface area (TPSA) is 105 Å². The molecule has 8 nitrogen and oxygen atoms in total. The maximum absolute atomic E-state index is 14.7. The molecule has 1 N–H and O–H groups in total. The van der Waals surface area contributed by atoms with Crippen LogP contribution in [-0.4, -0.2) is 34.6 Å². The Hall–Kier alpha value is -4.23. The average Bonchev–Trinajstić information content (AvgIpc) is 3.49. The second kappa shape index (κ2) is 9.10. The molecule has 0 aliphatic rings. The zero-order chi connectivity index (χ0) is 23.4. The van der Waals surface area contributed by atoms with Crippen LogP contribution >= 0.6 is 0 Å². The lowest BCUT2D eigenvalue weighted by atomic mass is 9.86. The van der Waals surface area contributed by atoms with Gasteiger partial charge in [0.1, 0.15) is 36.0 Å². The first-order valence-corrected chi connectivity index (χ1v) is 9.98. The summed E-state index contributed by atoms with van der Waals surface area (Å²) in [6.45, 7) is 1.54. The van der Waals surface area contributed by atoms with Gasteiger partial charge in [-0.2, -0.15) is 15.5 Å². The van der Waals surface area contributed by atoms with Crippen molar-refractivity contribution in [3.8, 4) is 6.07 Å². The molecular formula is C23H19F2N7O. The number of hydrogen-bond acceptors (Lipinski definition) is 6. The lowest BCUT2D eigenvalue weighted by Gasteiger charge is -2.34. The summed E-state index contributed by atoms with van der Waals surface area (Å²) in [4.78, 5) is 8.05. The minimum atomic E-state index is -1.83. The van der Waals surface area contributed by atoms with Crippen molar-refractivity contribution in [3.05, 3.63) is 95.6 Å². The molecule has 0 aliphatic heterocycles. The summed E-state index contributed by atoms with van der Waals surface area (Å²) in [5, 5.41) is 29.2. The molecule has 0 radical (unpaired) electrons. The van der Waals surface area contributed by atoms with Crippen molar-refractivity contribution in [3.63, 3.8) is 0 Å². The molecule has 3 heterocycles.